The highest BCUT2D eigenvalue weighted by Crippen LogP contribution is 2.33. The van der Waals surface area contributed by atoms with Gasteiger partial charge in [-0.25, -0.2) is 0 Å². The zero-order chi connectivity index (χ0) is 18.6. The maximum absolute atomic E-state index is 2.49. The Kier molecular flexibility index (Phi) is 5.62. The first-order valence-electron chi connectivity index (χ1n) is 10.8. The van der Waals surface area contributed by atoms with Crippen LogP contribution in [0.2, 0.25) is 0 Å². The molecule has 0 heteroatoms. The number of fused-ring (bicyclic) bond motifs is 1. The molecule has 0 nitrogen and oxygen atoms in total. The van der Waals surface area contributed by atoms with E-state index in [1.165, 1.54) is 66.4 Å². The monoisotopic (exact) mass is 356 g/mol. The third kappa shape index (κ3) is 4.61. The van der Waals surface area contributed by atoms with Crippen LogP contribution in [0, 0.1) is 0 Å². The van der Waals surface area contributed by atoms with Crippen LogP contribution in [0.3, 0.4) is 0 Å². The van der Waals surface area contributed by atoms with Gasteiger partial charge >= 0.3 is 0 Å². The van der Waals surface area contributed by atoms with Crippen molar-refractivity contribution in [2.45, 2.75) is 71.6 Å². The second kappa shape index (κ2) is 8.30. The fourth-order valence-corrected chi connectivity index (χ4v) is 4.32. The average Bonchev–Trinajstić information content (AvgIpc) is 3.54. The van der Waals surface area contributed by atoms with E-state index in [-0.39, 0.29) is 0 Å². The van der Waals surface area contributed by atoms with Crippen molar-refractivity contribution in [2.24, 2.45) is 0 Å². The second-order valence-electron chi connectivity index (χ2n) is 8.34. The van der Waals surface area contributed by atoms with Gasteiger partial charge in [0.15, 0.2) is 0 Å². The molecule has 2 aliphatic rings. The van der Waals surface area contributed by atoms with Crippen molar-refractivity contribution in [2.75, 3.05) is 0 Å². The Morgan fingerprint density at radius 1 is 0.889 bits per heavy atom. The molecule has 0 aliphatic heterocycles. The molecule has 0 amide bonds. The highest BCUT2D eigenvalue weighted by atomic mass is 14.2. The van der Waals surface area contributed by atoms with Crippen molar-refractivity contribution in [1.29, 1.82) is 0 Å². The molecule has 1 saturated carbocycles. The third-order valence-electron chi connectivity index (χ3n) is 6.31. The van der Waals surface area contributed by atoms with Gasteiger partial charge in [0.1, 0.15) is 0 Å². The fraction of sp³-hybridized carbons (Fsp3) is 0.407. The molecule has 0 radical (unpaired) electrons. The smallest absolute Gasteiger partial charge is 0.00203 e. The van der Waals surface area contributed by atoms with Gasteiger partial charge in [0.2, 0.25) is 0 Å². The van der Waals surface area contributed by atoms with Crippen LogP contribution in [0.15, 0.2) is 59.7 Å². The summed E-state index contributed by atoms with van der Waals surface area (Å²) in [7, 11) is 0. The van der Waals surface area contributed by atoms with Crippen molar-refractivity contribution in [3.8, 4) is 0 Å². The largest absolute Gasteiger partial charge is 0.0801 e. The van der Waals surface area contributed by atoms with Crippen molar-refractivity contribution in [3.63, 3.8) is 0 Å². The number of aryl methyl sites for hydroxylation is 3. The topological polar surface area (TPSA) is 0 Å². The molecule has 0 unspecified atom stereocenters. The minimum absolute atomic E-state index is 1.08. The summed E-state index contributed by atoms with van der Waals surface area (Å²) in [6, 6.07) is 16.4. The lowest BCUT2D eigenvalue weighted by Gasteiger charge is -2.12. The molecule has 2 aliphatic carbocycles. The third-order valence-corrected chi connectivity index (χ3v) is 6.31. The van der Waals surface area contributed by atoms with Gasteiger partial charge < -0.3 is 0 Å². The molecule has 0 spiro atoms. The molecule has 0 heterocycles. The fourth-order valence-electron chi connectivity index (χ4n) is 4.32. The van der Waals surface area contributed by atoms with E-state index in [0.29, 0.717) is 0 Å². The molecule has 1 fully saturated rings. The lowest BCUT2D eigenvalue weighted by molar-refractivity contribution is 0.806. The Morgan fingerprint density at radius 2 is 1.67 bits per heavy atom. The summed E-state index contributed by atoms with van der Waals surface area (Å²) in [5, 5.41) is 0. The Labute approximate surface area is 165 Å². The normalized spacial score (nSPS) is 15.8. The number of allylic oxidation sites excluding steroid dienone is 4. The Balaban J connectivity index is 1.42. The van der Waals surface area contributed by atoms with Crippen LogP contribution in [0.1, 0.15) is 73.8 Å². The highest BCUT2D eigenvalue weighted by molar-refractivity contribution is 5.69. The molecule has 0 aromatic heterocycles. The summed E-state index contributed by atoms with van der Waals surface area (Å²) in [5.74, 6) is 0. The van der Waals surface area contributed by atoms with Gasteiger partial charge in [-0.3, -0.25) is 0 Å². The highest BCUT2D eigenvalue weighted by Gasteiger charge is 2.15. The van der Waals surface area contributed by atoms with Gasteiger partial charge in [0, 0.05) is 0 Å². The van der Waals surface area contributed by atoms with Gasteiger partial charge in [0.25, 0.3) is 0 Å². The van der Waals surface area contributed by atoms with E-state index in [2.05, 4.69) is 62.4 Å². The maximum atomic E-state index is 2.49. The Bertz CT molecular complexity index is 855. The molecule has 140 valence electrons. The van der Waals surface area contributed by atoms with Crippen LogP contribution in [0.25, 0.3) is 5.57 Å². The molecule has 0 saturated heterocycles. The summed E-state index contributed by atoms with van der Waals surface area (Å²) in [6.45, 7) is 4.55. The van der Waals surface area contributed by atoms with Crippen molar-refractivity contribution in [3.05, 3.63) is 87.5 Å². The average molecular weight is 357 g/mol. The molecule has 4 rings (SSSR count). The van der Waals surface area contributed by atoms with Crippen molar-refractivity contribution < 1.29 is 0 Å². The van der Waals surface area contributed by atoms with Crippen LogP contribution >= 0.6 is 0 Å². The van der Waals surface area contributed by atoms with E-state index in [4.69, 9.17) is 0 Å². The minimum Gasteiger partial charge on any atom is -0.0801 e. The van der Waals surface area contributed by atoms with Crippen LogP contribution in [-0.4, -0.2) is 0 Å². The molecule has 2 aromatic carbocycles. The van der Waals surface area contributed by atoms with Crippen molar-refractivity contribution >= 4 is 5.57 Å². The van der Waals surface area contributed by atoms with Crippen LogP contribution in [0.5, 0.6) is 0 Å². The number of hydrogen-bond acceptors (Lipinski definition) is 0. The summed E-state index contributed by atoms with van der Waals surface area (Å²) in [5.41, 5.74) is 12.3. The zero-order valence-corrected chi connectivity index (χ0v) is 17.0. The van der Waals surface area contributed by atoms with E-state index in [1.807, 2.05) is 0 Å². The Hall–Kier alpha value is -2.08. The minimum atomic E-state index is 1.08. The quantitative estimate of drug-likeness (QED) is 0.478. The molecule has 2 aromatic rings. The maximum Gasteiger partial charge on any atom is -0.00203 e. The predicted octanol–water partition coefficient (Wildman–Crippen LogP) is 7.25. The molecule has 0 N–H and O–H groups in total. The molecular weight excluding hydrogens is 324 g/mol. The summed E-state index contributed by atoms with van der Waals surface area (Å²) in [6.07, 6.45) is 13.5. The van der Waals surface area contributed by atoms with Gasteiger partial charge in [0.05, 0.1) is 0 Å². The van der Waals surface area contributed by atoms with Gasteiger partial charge in [-0.15, -0.1) is 0 Å². The number of hydrogen-bond donors (Lipinski definition) is 0. The lowest BCUT2D eigenvalue weighted by atomic mass is 9.93. The molecule has 27 heavy (non-hydrogen) atoms. The number of rotatable bonds is 6. The van der Waals surface area contributed by atoms with Gasteiger partial charge in [-0.05, 0) is 98.1 Å². The zero-order valence-electron chi connectivity index (χ0n) is 17.0. The predicted molar refractivity (Wildman–Crippen MR) is 117 cm³/mol. The second-order valence-corrected chi connectivity index (χ2v) is 8.34. The molecule has 0 bridgehead atoms. The summed E-state index contributed by atoms with van der Waals surface area (Å²) in [4.78, 5) is 0. The molecular formula is C27H32. The summed E-state index contributed by atoms with van der Waals surface area (Å²) >= 11 is 0. The van der Waals surface area contributed by atoms with E-state index in [9.17, 15) is 0 Å². The van der Waals surface area contributed by atoms with Crippen LogP contribution in [-0.2, 0) is 25.7 Å². The first kappa shape index (κ1) is 18.3. The van der Waals surface area contributed by atoms with E-state index >= 15 is 0 Å². The molecule has 0 atom stereocenters. The van der Waals surface area contributed by atoms with E-state index in [0.717, 1.165) is 19.3 Å². The SMILES string of the molecule is CCc1ccc(C2=CCCc3cc(CCCC(C)=C4CC4)ccc3C2)cc1. The van der Waals surface area contributed by atoms with Crippen LogP contribution in [0.4, 0.5) is 0 Å². The van der Waals surface area contributed by atoms with E-state index in [1.54, 1.807) is 16.7 Å². The lowest BCUT2D eigenvalue weighted by Crippen LogP contribution is -1.96. The first-order chi connectivity index (χ1) is 13.2. The van der Waals surface area contributed by atoms with Gasteiger partial charge in [-0.1, -0.05) is 66.6 Å². The van der Waals surface area contributed by atoms with Crippen molar-refractivity contribution in [1.82, 2.24) is 0 Å². The summed E-state index contributed by atoms with van der Waals surface area (Å²) < 4.78 is 0. The first-order valence-corrected chi connectivity index (χ1v) is 10.8. The van der Waals surface area contributed by atoms with Crippen LogP contribution < -0.4 is 0 Å². The Morgan fingerprint density at radius 3 is 2.41 bits per heavy atom. The van der Waals surface area contributed by atoms with Gasteiger partial charge in [-0.2, -0.15) is 0 Å². The van der Waals surface area contributed by atoms with E-state index < -0.39 is 0 Å². The standard InChI is InChI=1S/C27H32/c1-3-21-10-13-24(14-11-21)26-9-5-8-25-18-22(12-15-27(25)19-26)7-4-6-20(2)23-16-17-23/h9-15,18H,3-8,16-17,19H2,1-2H3. The number of benzene rings is 2.